The van der Waals surface area contributed by atoms with Gasteiger partial charge in [-0.05, 0) is 48.0 Å². The maximum atomic E-state index is 15.4. The molecule has 5 heterocycles. The van der Waals surface area contributed by atoms with E-state index in [2.05, 4.69) is 0 Å². The number of aliphatic hydroxyl groups excluding tert-OH is 2. The number of carbonyl (C=O) groups is 6. The predicted octanol–water partition coefficient (Wildman–Crippen LogP) is 2.44. The lowest BCUT2D eigenvalue weighted by Gasteiger charge is -2.47. The van der Waals surface area contributed by atoms with Gasteiger partial charge in [0.05, 0.1) is 34.3 Å². The lowest BCUT2D eigenvalue weighted by Crippen LogP contribution is -2.65. The van der Waals surface area contributed by atoms with Crippen LogP contribution in [0.15, 0.2) is 60.4 Å². The SMILES string of the molecule is O=C(OC1COC(=O)c2cc(O)c(O)c(O)c2-c2c(cc(O)c(O)c2O)C(=O)OC1C1OC(=O)c2cc(O)c(O)c(O)c2C2=C(O)C(=O)C34Oc5cc(O)c6c(c5C3C1OC(=O)C24)OC(c1ccc(O)c(O)c1)C(O)C6)c1cc(O)c(O)c(O)c1. The highest BCUT2D eigenvalue weighted by Crippen LogP contribution is 2.67. The molecule has 0 saturated carbocycles. The van der Waals surface area contributed by atoms with Crippen molar-refractivity contribution in [1.82, 2.24) is 0 Å². The molecule has 85 heavy (non-hydrogen) atoms. The summed E-state index contributed by atoms with van der Waals surface area (Å²) in [5.41, 5.74) is -12.8. The number of phenols is 15. The first-order chi connectivity index (χ1) is 40.2. The summed E-state index contributed by atoms with van der Waals surface area (Å²) in [5.74, 6) is -36.5. The Balaban J connectivity index is 1.15. The molecule has 1 fully saturated rings. The summed E-state index contributed by atoms with van der Waals surface area (Å²) in [6.45, 7) is -1.57. The van der Waals surface area contributed by atoms with Crippen LogP contribution in [-0.2, 0) is 39.7 Å². The molecule has 17 N–H and O–H groups in total. The molecule has 4 bridgehead atoms. The van der Waals surface area contributed by atoms with Gasteiger partial charge in [-0.2, -0.15) is 0 Å². The molecule has 6 aromatic rings. The summed E-state index contributed by atoms with van der Waals surface area (Å²) in [6, 6.07) is 6.24. The van der Waals surface area contributed by atoms with E-state index in [1.165, 1.54) is 6.07 Å². The molecular formula is C55H38O30. The first-order valence-electron chi connectivity index (χ1n) is 24.7. The molecule has 6 aliphatic rings. The van der Waals surface area contributed by atoms with Crippen molar-refractivity contribution < 1.29 is 149 Å². The van der Waals surface area contributed by atoms with Crippen molar-refractivity contribution in [3.63, 3.8) is 0 Å². The van der Waals surface area contributed by atoms with E-state index in [1.807, 2.05) is 0 Å². The highest BCUT2D eigenvalue weighted by Gasteiger charge is 2.76. The summed E-state index contributed by atoms with van der Waals surface area (Å²) in [7, 11) is 0. The maximum Gasteiger partial charge on any atom is 0.339 e. The van der Waals surface area contributed by atoms with Gasteiger partial charge in [0, 0.05) is 45.9 Å². The Labute approximate surface area is 469 Å². The van der Waals surface area contributed by atoms with E-state index in [9.17, 15) is 96.4 Å². The van der Waals surface area contributed by atoms with Crippen LogP contribution in [0.1, 0.15) is 75.7 Å². The number of ether oxygens (including phenoxy) is 7. The average molecular weight is 1180 g/mol. The number of cyclic esters (lactones) is 3. The summed E-state index contributed by atoms with van der Waals surface area (Å²) >= 11 is 0. The minimum Gasteiger partial charge on any atom is -0.507 e. The van der Waals surface area contributed by atoms with Crippen LogP contribution in [0.25, 0.3) is 16.7 Å². The Bertz CT molecular complexity index is 4100. The zero-order valence-corrected chi connectivity index (χ0v) is 42.1. The number of hydrogen-bond acceptors (Lipinski definition) is 30. The first-order valence-corrected chi connectivity index (χ1v) is 24.7. The molecule has 30 nitrogen and oxygen atoms in total. The van der Waals surface area contributed by atoms with E-state index < -0.39 is 256 Å². The van der Waals surface area contributed by atoms with Crippen LogP contribution < -0.4 is 9.47 Å². The molecule has 9 atom stereocenters. The van der Waals surface area contributed by atoms with Gasteiger partial charge < -0.3 is 120 Å². The number of aliphatic hydroxyl groups is 2. The Kier molecular flexibility index (Phi) is 11.8. The largest absolute Gasteiger partial charge is 0.507 e. The van der Waals surface area contributed by atoms with Crippen LogP contribution >= 0.6 is 0 Å². The third-order valence-electron chi connectivity index (χ3n) is 15.5. The Hall–Kier alpha value is -11.6. The number of phenolic OH excluding ortho intramolecular Hbond substituents is 15. The van der Waals surface area contributed by atoms with Gasteiger partial charge in [0.25, 0.3) is 0 Å². The molecule has 0 aromatic heterocycles. The molecule has 30 heteroatoms. The minimum absolute atomic E-state index is 0.0519. The van der Waals surface area contributed by atoms with Crippen molar-refractivity contribution in [1.29, 1.82) is 0 Å². The zero-order valence-electron chi connectivity index (χ0n) is 42.1. The maximum absolute atomic E-state index is 15.4. The number of rotatable bonds is 4. The molecule has 0 amide bonds. The van der Waals surface area contributed by atoms with Gasteiger partial charge in [-0.15, -0.1) is 0 Å². The van der Waals surface area contributed by atoms with Gasteiger partial charge in [0.2, 0.25) is 28.6 Å². The van der Waals surface area contributed by atoms with Gasteiger partial charge >= 0.3 is 29.8 Å². The summed E-state index contributed by atoms with van der Waals surface area (Å²) in [4.78, 5) is 90.1. The first kappa shape index (κ1) is 54.0. The highest BCUT2D eigenvalue weighted by molar-refractivity contribution is 6.21. The van der Waals surface area contributed by atoms with Crippen molar-refractivity contribution >= 4 is 41.2 Å². The van der Waals surface area contributed by atoms with Crippen LogP contribution in [-0.4, -0.2) is 165 Å². The van der Waals surface area contributed by atoms with Crippen molar-refractivity contribution in [2.24, 2.45) is 5.92 Å². The van der Waals surface area contributed by atoms with Crippen LogP contribution in [0.5, 0.6) is 97.7 Å². The highest BCUT2D eigenvalue weighted by atomic mass is 16.6. The molecule has 1 aliphatic carbocycles. The van der Waals surface area contributed by atoms with Gasteiger partial charge in [-0.1, -0.05) is 6.07 Å². The van der Waals surface area contributed by atoms with Crippen molar-refractivity contribution in [2.75, 3.05) is 6.61 Å². The summed E-state index contributed by atoms with van der Waals surface area (Å²) in [5, 5.41) is 187. The van der Waals surface area contributed by atoms with Gasteiger partial charge in [-0.25, -0.2) is 19.2 Å². The fourth-order valence-corrected chi connectivity index (χ4v) is 11.7. The fraction of sp³-hybridized carbons (Fsp3) is 0.200. The number of carbonyl (C=O) groups excluding carboxylic acids is 6. The van der Waals surface area contributed by atoms with Crippen LogP contribution in [0.3, 0.4) is 0 Å². The second-order valence-electron chi connectivity index (χ2n) is 20.2. The number of ketones is 1. The minimum atomic E-state index is -3.09. The Morgan fingerprint density at radius 3 is 1.66 bits per heavy atom. The number of hydrogen-bond donors (Lipinski definition) is 17. The molecule has 9 unspecified atom stereocenters. The topological polar surface area (TPSA) is 511 Å². The molecule has 438 valence electrons. The molecule has 1 saturated heterocycles. The quantitative estimate of drug-likeness (QED) is 0.0684. The van der Waals surface area contributed by atoms with Crippen molar-refractivity contribution in [2.45, 2.75) is 54.6 Å². The number of fused-ring (bicyclic) bond motifs is 8. The molecule has 1 spiro atoms. The average Bonchev–Trinajstić information content (AvgIpc) is 1.52. The number of benzene rings is 6. The van der Waals surface area contributed by atoms with E-state index in [4.69, 9.17) is 33.2 Å². The number of esters is 5. The van der Waals surface area contributed by atoms with Gasteiger partial charge in [0.1, 0.15) is 35.9 Å². The van der Waals surface area contributed by atoms with Crippen LogP contribution in [0, 0.1) is 5.92 Å². The van der Waals surface area contributed by atoms with Gasteiger partial charge in [0.15, 0.2) is 93.4 Å². The summed E-state index contributed by atoms with van der Waals surface area (Å²) < 4.78 is 42.5. The van der Waals surface area contributed by atoms with E-state index in [1.54, 1.807) is 0 Å². The van der Waals surface area contributed by atoms with Crippen LogP contribution in [0.4, 0.5) is 0 Å². The van der Waals surface area contributed by atoms with E-state index in [0.717, 1.165) is 18.2 Å². The molecular weight excluding hydrogens is 1140 g/mol. The monoisotopic (exact) mass is 1180 g/mol. The standard InChI is InChI=1S/C55H38O30/c56-18-2-1-12(3-20(18)58)44-26(64)6-14-19(57)10-27-32(45(14)81-44)34-47-48(84-53(77)17-9-25(63)39(68)42(71)31(17)33-35(54(78)83-47)55(34,85-27)49(73)43(33)72)46-28(80-50(74)13-4-21(59)36(65)22(60)5-13)11-79-51(75)15-7-23(61)37(66)40(69)29(15)30-16(52(76)82-46)8-24(62)38(67)41(30)70/h1-5,7-10,26,28,34-35,44,46-48,56-72H,6,11H2. The van der Waals surface area contributed by atoms with Crippen molar-refractivity contribution in [3.8, 4) is 109 Å². The van der Waals surface area contributed by atoms with E-state index in [0.29, 0.717) is 30.3 Å². The van der Waals surface area contributed by atoms with Gasteiger partial charge in [-0.3, -0.25) is 9.59 Å². The smallest absolute Gasteiger partial charge is 0.339 e. The second kappa shape index (κ2) is 18.5. The van der Waals surface area contributed by atoms with Crippen LogP contribution in [0.2, 0.25) is 0 Å². The summed E-state index contributed by atoms with van der Waals surface area (Å²) in [6.07, 6.45) is -14.9. The Morgan fingerprint density at radius 2 is 1.07 bits per heavy atom. The number of Topliss-reactive ketones (excluding diaryl/α,β-unsaturated/α-hetero) is 1. The third kappa shape index (κ3) is 7.60. The normalized spacial score (nSPS) is 24.5. The van der Waals surface area contributed by atoms with E-state index >= 15 is 19.2 Å². The van der Waals surface area contributed by atoms with E-state index in [-0.39, 0.29) is 11.1 Å². The lowest BCUT2D eigenvalue weighted by molar-refractivity contribution is -0.200. The number of aromatic hydroxyl groups is 15. The zero-order chi connectivity index (χ0) is 61.1. The van der Waals surface area contributed by atoms with Crippen molar-refractivity contribution in [3.05, 3.63) is 105 Å². The molecule has 12 rings (SSSR count). The predicted molar refractivity (Wildman–Crippen MR) is 268 cm³/mol. The molecule has 0 radical (unpaired) electrons. The molecule has 6 aromatic carbocycles. The fourth-order valence-electron chi connectivity index (χ4n) is 11.7. The Morgan fingerprint density at radius 1 is 0.529 bits per heavy atom. The third-order valence-corrected chi connectivity index (χ3v) is 15.5. The molecule has 5 aliphatic heterocycles. The lowest BCUT2D eigenvalue weighted by atomic mass is 9.66. The second-order valence-corrected chi connectivity index (χ2v) is 20.2.